The molecule has 138 valence electrons. The van der Waals surface area contributed by atoms with Gasteiger partial charge in [0.1, 0.15) is 5.69 Å². The Balaban J connectivity index is 2.44. The predicted octanol–water partition coefficient (Wildman–Crippen LogP) is 2.36. The molecule has 3 rings (SSSR count). The normalized spacial score (nSPS) is 12.3. The highest BCUT2D eigenvalue weighted by Gasteiger charge is 2.23. The number of aromatic nitrogens is 3. The molecule has 27 heavy (non-hydrogen) atoms. The second-order valence-corrected chi connectivity index (χ2v) is 7.18. The van der Waals surface area contributed by atoms with Crippen LogP contribution in [-0.2, 0) is 11.3 Å². The van der Waals surface area contributed by atoms with E-state index in [9.17, 15) is 14.8 Å². The van der Waals surface area contributed by atoms with Crippen molar-refractivity contribution in [2.45, 2.75) is 27.3 Å². The number of pyridine rings is 1. The highest BCUT2D eigenvalue weighted by molar-refractivity contribution is 5.92. The molecule has 0 aliphatic heterocycles. The zero-order valence-corrected chi connectivity index (χ0v) is 15.4. The number of nitrogens with zero attached hydrogens (tertiary/aromatic N) is 4. The monoisotopic (exact) mass is 364 g/mol. The Bertz CT molecular complexity index is 1130. The van der Waals surface area contributed by atoms with E-state index in [1.165, 1.54) is 4.57 Å². The number of benzene rings is 1. The molecule has 3 aromatic rings. The highest BCUT2D eigenvalue weighted by Crippen LogP contribution is 2.23. The first-order valence-electron chi connectivity index (χ1n) is 8.49. The van der Waals surface area contributed by atoms with Crippen molar-refractivity contribution >= 4 is 16.7 Å². The summed E-state index contributed by atoms with van der Waals surface area (Å²) in [5.41, 5.74) is -0.214. The molecule has 0 saturated heterocycles. The molecule has 0 radical (unpaired) electrons. The summed E-state index contributed by atoms with van der Waals surface area (Å²) in [7, 11) is 0. The van der Waals surface area contributed by atoms with Gasteiger partial charge in [-0.05, 0) is 18.2 Å². The molecule has 0 bridgehead atoms. The lowest BCUT2D eigenvalue weighted by Gasteiger charge is -2.17. The van der Waals surface area contributed by atoms with Crippen LogP contribution in [0.4, 0.5) is 0 Å². The van der Waals surface area contributed by atoms with Crippen LogP contribution in [0.15, 0.2) is 58.6 Å². The molecule has 1 N–H and O–H groups in total. The first kappa shape index (κ1) is 18.4. The van der Waals surface area contributed by atoms with E-state index in [0.29, 0.717) is 22.3 Å². The van der Waals surface area contributed by atoms with Crippen LogP contribution in [0.3, 0.4) is 0 Å². The van der Waals surface area contributed by atoms with Crippen molar-refractivity contribution in [3.8, 4) is 11.4 Å². The summed E-state index contributed by atoms with van der Waals surface area (Å²) in [5.74, 6) is -0.121. The summed E-state index contributed by atoms with van der Waals surface area (Å²) in [5, 5.41) is 13.1. The Morgan fingerprint density at radius 2 is 1.85 bits per heavy atom. The van der Waals surface area contributed by atoms with Crippen molar-refractivity contribution in [1.82, 2.24) is 14.5 Å². The van der Waals surface area contributed by atoms with Gasteiger partial charge in [0.15, 0.2) is 5.78 Å². The molecule has 2 heterocycles. The van der Waals surface area contributed by atoms with Gasteiger partial charge in [-0.15, -0.1) is 0 Å². The fourth-order valence-corrected chi connectivity index (χ4v) is 2.65. The summed E-state index contributed by atoms with van der Waals surface area (Å²) in [6.45, 7) is 5.23. The van der Waals surface area contributed by atoms with Crippen molar-refractivity contribution in [2.75, 3.05) is 0 Å². The third-order valence-electron chi connectivity index (χ3n) is 4.24. The van der Waals surface area contributed by atoms with Crippen LogP contribution < -0.4 is 11.0 Å². The third-order valence-corrected chi connectivity index (χ3v) is 4.24. The largest absolute Gasteiger partial charge is 0.409 e. The van der Waals surface area contributed by atoms with Crippen molar-refractivity contribution in [1.29, 1.82) is 0 Å². The molecule has 2 aromatic heterocycles. The Hall–Kier alpha value is -3.35. The topological polar surface area (TPSA) is 97.4 Å². The van der Waals surface area contributed by atoms with Crippen molar-refractivity contribution in [3.05, 3.63) is 64.5 Å². The molecule has 7 nitrogen and oxygen atoms in total. The minimum absolute atomic E-state index is 0.121. The average Bonchev–Trinajstić information content (AvgIpc) is 2.77. The number of ketones is 1. The molecule has 0 fully saturated rings. The van der Waals surface area contributed by atoms with Gasteiger partial charge in [0.2, 0.25) is 0 Å². The minimum Gasteiger partial charge on any atom is -0.409 e. The Morgan fingerprint density at radius 1 is 1.15 bits per heavy atom. The summed E-state index contributed by atoms with van der Waals surface area (Å²) in [6, 6.07) is 12.5. The van der Waals surface area contributed by atoms with Gasteiger partial charge in [-0.2, -0.15) is 0 Å². The number of carbonyl (C=O) groups is 1. The summed E-state index contributed by atoms with van der Waals surface area (Å²) >= 11 is 0. The number of fused-ring (bicyclic) bond motifs is 1. The Labute approximate surface area is 155 Å². The molecule has 7 heteroatoms. The highest BCUT2D eigenvalue weighted by atomic mass is 16.4. The van der Waals surface area contributed by atoms with Crippen LogP contribution in [0, 0.1) is 5.41 Å². The lowest BCUT2D eigenvalue weighted by molar-refractivity contribution is -0.126. The number of hydrogen-bond acceptors (Lipinski definition) is 6. The van der Waals surface area contributed by atoms with E-state index < -0.39 is 16.5 Å². The lowest BCUT2D eigenvalue weighted by atomic mass is 9.91. The molecule has 0 atom stereocenters. The van der Waals surface area contributed by atoms with Crippen LogP contribution in [0.2, 0.25) is 0 Å². The maximum absolute atomic E-state index is 12.9. The van der Waals surface area contributed by atoms with E-state index >= 15 is 0 Å². The molecule has 0 saturated carbocycles. The molecular formula is C20H20N4O3. The van der Waals surface area contributed by atoms with Gasteiger partial charge in [-0.1, -0.05) is 50.2 Å². The molecule has 0 spiro atoms. The summed E-state index contributed by atoms with van der Waals surface area (Å²) in [4.78, 5) is 34.1. The van der Waals surface area contributed by atoms with Gasteiger partial charge in [0.05, 0.1) is 17.8 Å². The van der Waals surface area contributed by atoms with E-state index in [1.807, 2.05) is 6.07 Å². The fraction of sp³-hybridized carbons (Fsp3) is 0.250. The van der Waals surface area contributed by atoms with Crippen LogP contribution in [-0.4, -0.2) is 25.5 Å². The first-order valence-corrected chi connectivity index (χ1v) is 8.49. The van der Waals surface area contributed by atoms with Gasteiger partial charge in [0, 0.05) is 17.0 Å². The molecule has 0 aliphatic rings. The zero-order chi connectivity index (χ0) is 19.6. The van der Waals surface area contributed by atoms with Crippen molar-refractivity contribution in [3.63, 3.8) is 0 Å². The maximum Gasteiger partial charge on any atom is 0.299 e. The minimum atomic E-state index is -0.645. The van der Waals surface area contributed by atoms with E-state index in [0.717, 1.165) is 0 Å². The summed E-state index contributed by atoms with van der Waals surface area (Å²) in [6.07, 6.45) is 1.61. The zero-order valence-electron chi connectivity index (χ0n) is 15.4. The molecular weight excluding hydrogens is 344 g/mol. The Kier molecular flexibility index (Phi) is 4.85. The quantitative estimate of drug-likeness (QED) is 0.568. The van der Waals surface area contributed by atoms with Gasteiger partial charge in [0.25, 0.3) is 11.0 Å². The average molecular weight is 364 g/mol. The van der Waals surface area contributed by atoms with Crippen LogP contribution in [0.1, 0.15) is 20.8 Å². The third kappa shape index (κ3) is 3.62. The second-order valence-electron chi connectivity index (χ2n) is 7.18. The van der Waals surface area contributed by atoms with Crippen LogP contribution >= 0.6 is 0 Å². The smallest absolute Gasteiger partial charge is 0.299 e. The van der Waals surface area contributed by atoms with Gasteiger partial charge in [-0.25, -0.2) is 4.98 Å². The molecule has 0 amide bonds. The second kappa shape index (κ2) is 7.11. The molecule has 0 unspecified atom stereocenters. The predicted molar refractivity (Wildman–Crippen MR) is 101 cm³/mol. The van der Waals surface area contributed by atoms with Gasteiger partial charge in [-0.3, -0.25) is 19.1 Å². The van der Waals surface area contributed by atoms with Crippen molar-refractivity contribution in [2.24, 2.45) is 10.6 Å². The number of rotatable bonds is 3. The molecule has 1 aromatic carbocycles. The number of hydrogen-bond donors (Lipinski definition) is 1. The van der Waals surface area contributed by atoms with E-state index in [2.05, 4.69) is 15.1 Å². The number of Topliss-reactive ketones (excluding diaryl/α,β-unsaturated/α-hetero) is 1. The van der Waals surface area contributed by atoms with Gasteiger partial charge >= 0.3 is 0 Å². The number of carbonyl (C=O) groups excluding carboxylic acids is 1. The first-order chi connectivity index (χ1) is 12.8. The fourth-order valence-electron chi connectivity index (χ4n) is 2.65. The van der Waals surface area contributed by atoms with E-state index in [1.54, 1.807) is 63.4 Å². The maximum atomic E-state index is 12.9. The SMILES string of the molecule is CC(C)(C)C(=O)Cn1c(=O)/c(=N\O)nc(-c2ccccn2)c2ccccc21. The standard InChI is InChI=1S/C20H20N4O3/c1-20(2,3)16(25)12-24-15-10-5-4-8-13(15)17(14-9-6-7-11-21-14)22-18(23-27)19(24)26/h4-11,27H,12H2,1-3H3/b23-18+. The number of para-hydroxylation sites is 1. The van der Waals surface area contributed by atoms with Gasteiger partial charge < -0.3 is 5.21 Å². The van der Waals surface area contributed by atoms with Crippen molar-refractivity contribution < 1.29 is 10.0 Å². The lowest BCUT2D eigenvalue weighted by Crippen LogP contribution is -2.38. The van der Waals surface area contributed by atoms with E-state index in [-0.39, 0.29) is 12.3 Å². The summed E-state index contributed by atoms with van der Waals surface area (Å²) < 4.78 is 1.30. The molecule has 0 aliphatic carbocycles. The van der Waals surface area contributed by atoms with Crippen LogP contribution in [0.5, 0.6) is 0 Å². The Morgan fingerprint density at radius 3 is 2.48 bits per heavy atom. The van der Waals surface area contributed by atoms with Crippen LogP contribution in [0.25, 0.3) is 22.3 Å². The van der Waals surface area contributed by atoms with E-state index in [4.69, 9.17) is 0 Å².